The first-order chi connectivity index (χ1) is 7.31. The minimum absolute atomic E-state index is 0.154. The van der Waals surface area contributed by atoms with E-state index >= 15 is 0 Å². The average molecular weight is 219 g/mol. The van der Waals surface area contributed by atoms with E-state index in [4.69, 9.17) is 11.5 Å². The summed E-state index contributed by atoms with van der Waals surface area (Å²) in [4.78, 5) is 4.46. The van der Waals surface area contributed by atoms with Crippen LogP contribution < -0.4 is 11.5 Å². The molecule has 0 fully saturated rings. The number of thiazole rings is 1. The topological polar surface area (TPSA) is 64.9 Å². The van der Waals surface area contributed by atoms with Crippen LogP contribution in [-0.2, 0) is 0 Å². The van der Waals surface area contributed by atoms with Crippen molar-refractivity contribution in [2.24, 2.45) is 11.5 Å². The Morgan fingerprint density at radius 3 is 2.67 bits per heavy atom. The SMILES string of the molecule is NCC(N)c1csc(-c2ccccc2)n1. The molecular formula is C11H13N3S. The number of nitrogens with zero attached hydrogens (tertiary/aromatic N) is 1. The van der Waals surface area contributed by atoms with Gasteiger partial charge in [-0.1, -0.05) is 30.3 Å². The van der Waals surface area contributed by atoms with Crippen molar-refractivity contribution in [2.75, 3.05) is 6.54 Å². The fourth-order valence-corrected chi connectivity index (χ4v) is 2.18. The lowest BCUT2D eigenvalue weighted by atomic mass is 10.2. The van der Waals surface area contributed by atoms with Crippen molar-refractivity contribution in [3.05, 3.63) is 41.4 Å². The Hall–Kier alpha value is -1.23. The van der Waals surface area contributed by atoms with Gasteiger partial charge < -0.3 is 11.5 Å². The second-order valence-electron chi connectivity index (χ2n) is 3.29. The molecular weight excluding hydrogens is 206 g/mol. The maximum absolute atomic E-state index is 5.80. The third-order valence-corrected chi connectivity index (χ3v) is 3.09. The lowest BCUT2D eigenvalue weighted by molar-refractivity contribution is 0.717. The van der Waals surface area contributed by atoms with Gasteiger partial charge in [-0.25, -0.2) is 4.98 Å². The highest BCUT2D eigenvalue weighted by atomic mass is 32.1. The predicted molar refractivity (Wildman–Crippen MR) is 63.5 cm³/mol. The van der Waals surface area contributed by atoms with Gasteiger partial charge in [0.25, 0.3) is 0 Å². The molecule has 2 aromatic rings. The van der Waals surface area contributed by atoms with E-state index < -0.39 is 0 Å². The standard InChI is InChI=1S/C11H13N3S/c12-6-9(13)10-7-15-11(14-10)8-4-2-1-3-5-8/h1-5,7,9H,6,12-13H2. The molecule has 4 N–H and O–H groups in total. The number of hydrogen-bond donors (Lipinski definition) is 2. The van der Waals surface area contributed by atoms with Crippen molar-refractivity contribution >= 4 is 11.3 Å². The number of rotatable bonds is 3. The normalized spacial score (nSPS) is 12.7. The minimum Gasteiger partial charge on any atom is -0.329 e. The van der Waals surface area contributed by atoms with Crippen molar-refractivity contribution in [3.63, 3.8) is 0 Å². The lowest BCUT2D eigenvalue weighted by Gasteiger charge is -2.02. The van der Waals surface area contributed by atoms with Crippen LogP contribution in [-0.4, -0.2) is 11.5 Å². The molecule has 1 aromatic heterocycles. The number of benzene rings is 1. The van der Waals surface area contributed by atoms with Gasteiger partial charge in [0.15, 0.2) is 0 Å². The molecule has 78 valence electrons. The Labute approximate surface area is 92.8 Å². The van der Waals surface area contributed by atoms with E-state index in [1.165, 1.54) is 0 Å². The molecule has 0 aliphatic carbocycles. The Kier molecular flexibility index (Phi) is 3.11. The fraction of sp³-hybridized carbons (Fsp3) is 0.182. The van der Waals surface area contributed by atoms with Gasteiger partial charge in [0.2, 0.25) is 0 Å². The Balaban J connectivity index is 2.28. The summed E-state index contributed by atoms with van der Waals surface area (Å²) in [7, 11) is 0. The highest BCUT2D eigenvalue weighted by Crippen LogP contribution is 2.24. The average Bonchev–Trinajstić information content (AvgIpc) is 2.78. The van der Waals surface area contributed by atoms with E-state index in [2.05, 4.69) is 4.98 Å². The summed E-state index contributed by atoms with van der Waals surface area (Å²) < 4.78 is 0. The van der Waals surface area contributed by atoms with Crippen LogP contribution in [0.15, 0.2) is 35.7 Å². The quantitative estimate of drug-likeness (QED) is 0.826. The molecule has 1 unspecified atom stereocenters. The molecule has 2 rings (SSSR count). The van der Waals surface area contributed by atoms with Crippen LogP contribution in [0.4, 0.5) is 0 Å². The largest absolute Gasteiger partial charge is 0.329 e. The van der Waals surface area contributed by atoms with Crippen molar-refractivity contribution in [2.45, 2.75) is 6.04 Å². The first kappa shape index (κ1) is 10.3. The molecule has 1 heterocycles. The highest BCUT2D eigenvalue weighted by molar-refractivity contribution is 7.13. The summed E-state index contributed by atoms with van der Waals surface area (Å²) >= 11 is 1.60. The molecule has 4 heteroatoms. The lowest BCUT2D eigenvalue weighted by Crippen LogP contribution is -2.20. The first-order valence-corrected chi connectivity index (χ1v) is 5.65. The van der Waals surface area contributed by atoms with Gasteiger partial charge in [-0.2, -0.15) is 0 Å². The molecule has 0 bridgehead atoms. The van der Waals surface area contributed by atoms with Crippen LogP contribution in [0.1, 0.15) is 11.7 Å². The minimum atomic E-state index is -0.154. The van der Waals surface area contributed by atoms with Crippen LogP contribution in [0.3, 0.4) is 0 Å². The van der Waals surface area contributed by atoms with Crippen molar-refractivity contribution < 1.29 is 0 Å². The molecule has 3 nitrogen and oxygen atoms in total. The van der Waals surface area contributed by atoms with Crippen molar-refractivity contribution in [1.82, 2.24) is 4.98 Å². The van der Waals surface area contributed by atoms with Gasteiger partial charge >= 0.3 is 0 Å². The molecule has 0 aliphatic rings. The van der Waals surface area contributed by atoms with Gasteiger partial charge in [0, 0.05) is 17.5 Å². The Bertz CT molecular complexity index is 424. The van der Waals surface area contributed by atoms with Crippen LogP contribution in [0.2, 0.25) is 0 Å². The van der Waals surface area contributed by atoms with E-state index in [1.54, 1.807) is 11.3 Å². The zero-order valence-corrected chi connectivity index (χ0v) is 9.08. The van der Waals surface area contributed by atoms with Crippen LogP contribution in [0.5, 0.6) is 0 Å². The van der Waals surface area contributed by atoms with Gasteiger partial charge in [-0.3, -0.25) is 0 Å². The fourth-order valence-electron chi connectivity index (χ4n) is 1.29. The summed E-state index contributed by atoms with van der Waals surface area (Å²) in [5, 5.41) is 2.97. The van der Waals surface area contributed by atoms with E-state index in [0.29, 0.717) is 6.54 Å². The Morgan fingerprint density at radius 2 is 2.00 bits per heavy atom. The third-order valence-electron chi connectivity index (χ3n) is 2.18. The molecule has 0 radical (unpaired) electrons. The molecule has 0 aliphatic heterocycles. The first-order valence-electron chi connectivity index (χ1n) is 4.77. The van der Waals surface area contributed by atoms with Crippen molar-refractivity contribution in [1.29, 1.82) is 0 Å². The molecule has 1 aromatic carbocycles. The van der Waals surface area contributed by atoms with E-state index in [0.717, 1.165) is 16.3 Å². The number of aromatic nitrogens is 1. The van der Waals surface area contributed by atoms with Gasteiger partial charge in [-0.15, -0.1) is 11.3 Å². The summed E-state index contributed by atoms with van der Waals surface area (Å²) in [6, 6.07) is 9.91. The molecule has 0 spiro atoms. The van der Waals surface area contributed by atoms with E-state index in [9.17, 15) is 0 Å². The maximum atomic E-state index is 5.80. The van der Waals surface area contributed by atoms with E-state index in [1.807, 2.05) is 35.7 Å². The summed E-state index contributed by atoms with van der Waals surface area (Å²) in [6.45, 7) is 0.429. The van der Waals surface area contributed by atoms with Crippen LogP contribution >= 0.6 is 11.3 Å². The molecule has 0 saturated heterocycles. The summed E-state index contributed by atoms with van der Waals surface area (Å²) in [5.41, 5.74) is 13.3. The summed E-state index contributed by atoms with van der Waals surface area (Å²) in [5.74, 6) is 0. The maximum Gasteiger partial charge on any atom is 0.123 e. The zero-order valence-electron chi connectivity index (χ0n) is 8.26. The second kappa shape index (κ2) is 4.53. The molecule has 1 atom stereocenters. The van der Waals surface area contributed by atoms with E-state index in [-0.39, 0.29) is 6.04 Å². The van der Waals surface area contributed by atoms with Gasteiger partial charge in [0.1, 0.15) is 5.01 Å². The second-order valence-corrected chi connectivity index (χ2v) is 4.14. The molecule has 15 heavy (non-hydrogen) atoms. The zero-order chi connectivity index (χ0) is 10.7. The Morgan fingerprint density at radius 1 is 1.27 bits per heavy atom. The highest BCUT2D eigenvalue weighted by Gasteiger charge is 2.09. The molecule has 0 amide bonds. The smallest absolute Gasteiger partial charge is 0.123 e. The molecule has 0 saturated carbocycles. The van der Waals surface area contributed by atoms with Gasteiger partial charge in [0.05, 0.1) is 11.7 Å². The van der Waals surface area contributed by atoms with Crippen LogP contribution in [0.25, 0.3) is 10.6 Å². The number of nitrogens with two attached hydrogens (primary N) is 2. The van der Waals surface area contributed by atoms with Crippen LogP contribution in [0, 0.1) is 0 Å². The van der Waals surface area contributed by atoms with Crippen molar-refractivity contribution in [3.8, 4) is 10.6 Å². The van der Waals surface area contributed by atoms with Gasteiger partial charge in [-0.05, 0) is 0 Å². The number of hydrogen-bond acceptors (Lipinski definition) is 4. The summed E-state index contributed by atoms with van der Waals surface area (Å²) in [6.07, 6.45) is 0. The third kappa shape index (κ3) is 2.23. The predicted octanol–water partition coefficient (Wildman–Crippen LogP) is 1.77. The monoisotopic (exact) mass is 219 g/mol.